The van der Waals surface area contributed by atoms with Crippen LogP contribution in [0.5, 0.6) is 5.75 Å². The van der Waals surface area contributed by atoms with Crippen LogP contribution in [0.2, 0.25) is 0 Å². The van der Waals surface area contributed by atoms with Gasteiger partial charge in [-0.15, -0.1) is 34.7 Å². The average Bonchev–Trinajstić information content (AvgIpc) is 3.46. The number of hydrogen-bond acceptors (Lipinski definition) is 10. The number of thiazole rings is 1. The minimum atomic E-state index is -5.26. The van der Waals surface area contributed by atoms with Crippen molar-refractivity contribution < 1.29 is 53.4 Å². The number of nitrogens with one attached hydrogen (secondary N) is 1. The van der Waals surface area contributed by atoms with E-state index in [1.807, 2.05) is 0 Å². The molecule has 2 aromatic heterocycles. The van der Waals surface area contributed by atoms with Crippen molar-refractivity contribution in [3.63, 3.8) is 0 Å². The molecule has 1 aliphatic rings. The zero-order chi connectivity index (χ0) is 31.8. The number of hydrogen-bond donors (Lipinski definition) is 1. The van der Waals surface area contributed by atoms with Crippen molar-refractivity contribution in [2.24, 2.45) is 5.92 Å². The summed E-state index contributed by atoms with van der Waals surface area (Å²) >= 11 is 0.895. The van der Waals surface area contributed by atoms with Crippen LogP contribution in [0.25, 0.3) is 21.3 Å². The SMILES string of the molecule is C[C@H](NS(=O)(=O)c1ccc(-c2sc(-c3nnc(CC(C)(C)OC=O)o3)nc2CC2CCC2)c(OC(F)(F)F)c1)C(F)(F)F. The Hall–Kier alpha value is -3.25. The first-order chi connectivity index (χ1) is 19.9. The van der Waals surface area contributed by atoms with E-state index in [4.69, 9.17) is 9.15 Å². The molecule has 1 saturated carbocycles. The summed E-state index contributed by atoms with van der Waals surface area (Å²) < 4.78 is 121. The third-order valence-electron chi connectivity index (χ3n) is 6.55. The van der Waals surface area contributed by atoms with E-state index < -0.39 is 44.8 Å². The highest BCUT2D eigenvalue weighted by Gasteiger charge is 2.40. The van der Waals surface area contributed by atoms with Gasteiger partial charge in [0.2, 0.25) is 15.9 Å². The van der Waals surface area contributed by atoms with Gasteiger partial charge in [-0.05, 0) is 45.2 Å². The second-order valence-corrected chi connectivity index (χ2v) is 13.3. The summed E-state index contributed by atoms with van der Waals surface area (Å²) in [7, 11) is -4.89. The summed E-state index contributed by atoms with van der Waals surface area (Å²) in [5.74, 6) is -0.687. The lowest BCUT2D eigenvalue weighted by molar-refractivity contribution is -0.274. The molecule has 10 nitrogen and oxygen atoms in total. The van der Waals surface area contributed by atoms with E-state index in [1.54, 1.807) is 13.8 Å². The highest BCUT2D eigenvalue weighted by Crippen LogP contribution is 2.44. The fourth-order valence-electron chi connectivity index (χ4n) is 4.14. The molecule has 0 bridgehead atoms. The first kappa shape index (κ1) is 32.7. The van der Waals surface area contributed by atoms with Gasteiger partial charge in [0, 0.05) is 11.6 Å². The lowest BCUT2D eigenvalue weighted by Gasteiger charge is -2.25. The van der Waals surface area contributed by atoms with Gasteiger partial charge in [-0.1, -0.05) is 19.3 Å². The lowest BCUT2D eigenvalue weighted by Crippen LogP contribution is -2.42. The van der Waals surface area contributed by atoms with Crippen molar-refractivity contribution in [2.45, 2.75) is 82.0 Å². The van der Waals surface area contributed by atoms with E-state index in [9.17, 15) is 39.6 Å². The number of carbonyl (C=O) groups excluding carboxylic acids is 1. The fourth-order valence-corrected chi connectivity index (χ4v) is 6.43. The molecule has 0 aliphatic heterocycles. The molecule has 1 aromatic carbocycles. The number of carbonyl (C=O) groups is 1. The monoisotopic (exact) mass is 656 g/mol. The number of halogens is 6. The van der Waals surface area contributed by atoms with Crippen LogP contribution in [0.15, 0.2) is 27.5 Å². The topological polar surface area (TPSA) is 134 Å². The van der Waals surface area contributed by atoms with E-state index in [1.165, 1.54) is 4.72 Å². The van der Waals surface area contributed by atoms with E-state index in [-0.39, 0.29) is 46.0 Å². The molecule has 1 aliphatic carbocycles. The number of sulfonamides is 1. The highest BCUT2D eigenvalue weighted by molar-refractivity contribution is 7.89. The van der Waals surface area contributed by atoms with Crippen molar-refractivity contribution in [1.82, 2.24) is 19.9 Å². The Labute approximate surface area is 245 Å². The Morgan fingerprint density at radius 1 is 1.16 bits per heavy atom. The third-order valence-corrected chi connectivity index (χ3v) is 9.21. The summed E-state index contributed by atoms with van der Waals surface area (Å²) in [6.07, 6.45) is -7.04. The summed E-state index contributed by atoms with van der Waals surface area (Å²) in [5, 5.41) is 8.06. The summed E-state index contributed by atoms with van der Waals surface area (Å²) in [6, 6.07) is -0.0809. The van der Waals surface area contributed by atoms with Crippen LogP contribution in [-0.2, 0) is 32.4 Å². The molecule has 0 unspecified atom stereocenters. The molecular formula is C25H26F6N4O6S2. The molecule has 3 aromatic rings. The van der Waals surface area contributed by atoms with Gasteiger partial charge in [-0.25, -0.2) is 13.4 Å². The molecule has 18 heteroatoms. The number of benzene rings is 1. The Bertz CT molecular complexity index is 1560. The zero-order valence-electron chi connectivity index (χ0n) is 22.9. The van der Waals surface area contributed by atoms with Crippen LogP contribution in [0.4, 0.5) is 26.3 Å². The van der Waals surface area contributed by atoms with Crippen LogP contribution >= 0.6 is 11.3 Å². The van der Waals surface area contributed by atoms with E-state index >= 15 is 0 Å². The Morgan fingerprint density at radius 2 is 1.86 bits per heavy atom. The van der Waals surface area contributed by atoms with Crippen LogP contribution in [-0.4, -0.2) is 54.3 Å². The Morgan fingerprint density at radius 3 is 2.44 bits per heavy atom. The molecule has 0 spiro atoms. The quantitative estimate of drug-likeness (QED) is 0.189. The smallest absolute Gasteiger partial charge is 0.461 e. The van der Waals surface area contributed by atoms with Gasteiger partial charge in [0.15, 0.2) is 5.01 Å². The average molecular weight is 657 g/mol. The zero-order valence-corrected chi connectivity index (χ0v) is 24.5. The predicted octanol–water partition coefficient (Wildman–Crippen LogP) is 5.82. The molecule has 4 rings (SSSR count). The van der Waals surface area contributed by atoms with Crippen LogP contribution < -0.4 is 9.46 Å². The molecule has 1 fully saturated rings. The normalized spacial score (nSPS) is 15.7. The Balaban J connectivity index is 1.77. The summed E-state index contributed by atoms with van der Waals surface area (Å²) in [6.45, 7) is 4.08. The predicted molar refractivity (Wildman–Crippen MR) is 139 cm³/mol. The number of nitrogens with zero attached hydrogens (tertiary/aromatic N) is 3. The van der Waals surface area contributed by atoms with E-state index in [0.29, 0.717) is 25.1 Å². The molecule has 0 saturated heterocycles. The maximum atomic E-state index is 13.5. The number of ether oxygens (including phenoxy) is 2. The largest absolute Gasteiger partial charge is 0.573 e. The van der Waals surface area contributed by atoms with Crippen molar-refractivity contribution >= 4 is 27.8 Å². The van der Waals surface area contributed by atoms with Gasteiger partial charge < -0.3 is 13.9 Å². The maximum absolute atomic E-state index is 13.5. The molecule has 1 N–H and O–H groups in total. The number of alkyl halides is 6. The molecule has 236 valence electrons. The number of aromatic nitrogens is 3. The van der Waals surface area contributed by atoms with Gasteiger partial charge in [0.25, 0.3) is 12.4 Å². The second kappa shape index (κ2) is 12.0. The standard InChI is InChI=1S/C25H26F6N4O6S2/c1-13(24(26,27)28)35-43(37,38)15-7-8-16(18(10-15)41-25(29,30)31)20-17(9-14-5-4-6-14)32-22(42-20)21-34-33-19(40-21)11-23(2,3)39-12-36/h7-8,10,12-14,35H,4-6,9,11H2,1-3H3/t13-/m0/s1. The second-order valence-electron chi connectivity index (χ2n) is 10.5. The molecule has 1 atom stereocenters. The van der Waals surface area contributed by atoms with Gasteiger partial charge in [0.05, 0.1) is 21.9 Å². The molecule has 43 heavy (non-hydrogen) atoms. The molecule has 2 heterocycles. The first-order valence-electron chi connectivity index (χ1n) is 12.8. The minimum Gasteiger partial charge on any atom is -0.461 e. The number of rotatable bonds is 12. The third kappa shape index (κ3) is 8.23. The van der Waals surface area contributed by atoms with Gasteiger partial charge >= 0.3 is 12.5 Å². The highest BCUT2D eigenvalue weighted by atomic mass is 32.2. The van der Waals surface area contributed by atoms with Gasteiger partial charge in [0.1, 0.15) is 17.4 Å². The molecule has 0 radical (unpaired) electrons. The lowest BCUT2D eigenvalue weighted by atomic mass is 9.82. The van der Waals surface area contributed by atoms with Crippen LogP contribution in [0, 0.1) is 5.92 Å². The van der Waals surface area contributed by atoms with Crippen molar-refractivity contribution in [3.8, 4) is 27.1 Å². The fraction of sp³-hybridized carbons (Fsp3) is 0.520. The van der Waals surface area contributed by atoms with Crippen molar-refractivity contribution in [1.29, 1.82) is 0 Å². The van der Waals surface area contributed by atoms with Crippen LogP contribution in [0.3, 0.4) is 0 Å². The van der Waals surface area contributed by atoms with E-state index in [0.717, 1.165) is 42.7 Å². The van der Waals surface area contributed by atoms with Gasteiger partial charge in [-0.3, -0.25) is 4.79 Å². The molecule has 0 amide bonds. The molecular weight excluding hydrogens is 630 g/mol. The van der Waals surface area contributed by atoms with E-state index in [2.05, 4.69) is 19.9 Å². The van der Waals surface area contributed by atoms with Crippen molar-refractivity contribution in [2.75, 3.05) is 0 Å². The summed E-state index contributed by atoms with van der Waals surface area (Å²) in [4.78, 5) is 14.6. The Kier molecular flexibility index (Phi) is 9.14. The minimum absolute atomic E-state index is 0.0501. The maximum Gasteiger partial charge on any atom is 0.573 e. The van der Waals surface area contributed by atoms with Crippen LogP contribution in [0.1, 0.15) is 51.6 Å². The van der Waals surface area contributed by atoms with Gasteiger partial charge in [-0.2, -0.15) is 17.9 Å². The summed E-state index contributed by atoms with van der Waals surface area (Å²) in [5.41, 5.74) is -0.771. The van der Waals surface area contributed by atoms with Crippen molar-refractivity contribution in [3.05, 3.63) is 29.8 Å². The first-order valence-corrected chi connectivity index (χ1v) is 15.1.